The highest BCUT2D eigenvalue weighted by molar-refractivity contribution is 6.30. The van der Waals surface area contributed by atoms with Gasteiger partial charge in [-0.05, 0) is 45.4 Å². The van der Waals surface area contributed by atoms with Gasteiger partial charge in [-0.3, -0.25) is 9.48 Å². The van der Waals surface area contributed by atoms with Gasteiger partial charge in [0.1, 0.15) is 17.9 Å². The number of aromatic nitrogens is 2. The predicted octanol–water partition coefficient (Wildman–Crippen LogP) is 4.67. The second-order valence-corrected chi connectivity index (χ2v) is 9.19. The topological polar surface area (TPSA) is 73.7 Å². The van der Waals surface area contributed by atoms with Crippen LogP contribution in [0.2, 0.25) is 5.02 Å². The summed E-state index contributed by atoms with van der Waals surface area (Å²) in [4.78, 5) is 26.5. The number of amides is 1. The highest BCUT2D eigenvalue weighted by Gasteiger charge is 2.41. The van der Waals surface area contributed by atoms with Crippen LogP contribution < -0.4 is 4.74 Å². The molecule has 0 atom stereocenters. The molecule has 1 aliphatic rings. The fourth-order valence-electron chi connectivity index (χ4n) is 3.64. The van der Waals surface area contributed by atoms with E-state index in [1.807, 2.05) is 0 Å². The van der Waals surface area contributed by atoms with Crippen molar-refractivity contribution in [3.8, 4) is 5.75 Å². The molecule has 11 heteroatoms. The molecule has 0 N–H and O–H groups in total. The average molecular weight is 488 g/mol. The molecule has 3 rings (SSSR count). The Hall–Kier alpha value is -2.75. The van der Waals surface area contributed by atoms with Gasteiger partial charge in [0.2, 0.25) is 0 Å². The van der Waals surface area contributed by atoms with Crippen molar-refractivity contribution in [3.05, 3.63) is 45.7 Å². The summed E-state index contributed by atoms with van der Waals surface area (Å²) in [7, 11) is 1.45. The van der Waals surface area contributed by atoms with Crippen molar-refractivity contribution < 1.29 is 32.2 Å². The van der Waals surface area contributed by atoms with Crippen LogP contribution in [0.1, 0.15) is 43.3 Å². The molecule has 0 saturated carbocycles. The van der Waals surface area contributed by atoms with Crippen LogP contribution in [0.5, 0.6) is 5.75 Å². The number of rotatable bonds is 5. The summed E-state index contributed by atoms with van der Waals surface area (Å²) in [5.41, 5.74) is -1.10. The lowest BCUT2D eigenvalue weighted by atomic mass is 10.0. The molecule has 0 fully saturated rings. The number of nitrogens with zero attached hydrogens (tertiary/aromatic N) is 3. The number of alkyl halides is 3. The van der Waals surface area contributed by atoms with Crippen LogP contribution in [0, 0.1) is 0 Å². The molecule has 1 amide bonds. The van der Waals surface area contributed by atoms with Gasteiger partial charge in [-0.2, -0.15) is 18.3 Å². The van der Waals surface area contributed by atoms with Crippen molar-refractivity contribution in [2.45, 2.75) is 58.5 Å². The maximum Gasteiger partial charge on any atom is 0.435 e. The fourth-order valence-corrected chi connectivity index (χ4v) is 3.84. The van der Waals surface area contributed by atoms with Crippen LogP contribution in [0.15, 0.2) is 18.2 Å². The highest BCUT2D eigenvalue weighted by atomic mass is 35.5. The Bertz CT molecular complexity index is 1060. The summed E-state index contributed by atoms with van der Waals surface area (Å²) < 4.78 is 52.4. The van der Waals surface area contributed by atoms with Crippen molar-refractivity contribution in [1.82, 2.24) is 14.7 Å². The minimum absolute atomic E-state index is 0.00422. The van der Waals surface area contributed by atoms with E-state index in [9.17, 15) is 22.8 Å². The first-order valence-corrected chi connectivity index (χ1v) is 10.6. The Morgan fingerprint density at radius 3 is 2.52 bits per heavy atom. The standard InChI is InChI=1S/C22H25ClF3N3O4/c1-21(2,3)33-20(31)28-8-7-16-17(12-28)29(27-19(16)22(24,25)26)11-15(30)10-13-9-14(23)5-6-18(13)32-4/h5-6,9H,7-8,10-12H2,1-4H3. The molecule has 1 aromatic heterocycles. The molecule has 1 aromatic carbocycles. The van der Waals surface area contributed by atoms with Crippen molar-refractivity contribution in [3.63, 3.8) is 0 Å². The number of hydrogen-bond donors (Lipinski definition) is 0. The number of ether oxygens (including phenoxy) is 2. The van der Waals surface area contributed by atoms with Gasteiger partial charge < -0.3 is 14.4 Å². The van der Waals surface area contributed by atoms with Crippen molar-refractivity contribution in [1.29, 1.82) is 0 Å². The Balaban J connectivity index is 1.87. The summed E-state index contributed by atoms with van der Waals surface area (Å²) in [6.45, 7) is 4.64. The number of hydrogen-bond acceptors (Lipinski definition) is 5. The van der Waals surface area contributed by atoms with E-state index in [0.29, 0.717) is 16.3 Å². The molecule has 2 aromatic rings. The van der Waals surface area contributed by atoms with E-state index in [-0.39, 0.29) is 43.0 Å². The number of benzene rings is 1. The van der Waals surface area contributed by atoms with Crippen LogP contribution in [-0.2, 0) is 41.6 Å². The third-order valence-electron chi connectivity index (χ3n) is 5.02. The minimum atomic E-state index is -4.68. The van der Waals surface area contributed by atoms with Gasteiger partial charge in [0.25, 0.3) is 0 Å². The largest absolute Gasteiger partial charge is 0.496 e. The van der Waals surface area contributed by atoms with Crippen molar-refractivity contribution in [2.75, 3.05) is 13.7 Å². The normalized spacial score (nSPS) is 14.1. The Morgan fingerprint density at radius 1 is 1.21 bits per heavy atom. The molecule has 0 bridgehead atoms. The van der Waals surface area contributed by atoms with Gasteiger partial charge in [-0.1, -0.05) is 11.6 Å². The van der Waals surface area contributed by atoms with E-state index < -0.39 is 30.1 Å². The first-order chi connectivity index (χ1) is 15.3. The average Bonchev–Trinajstić information content (AvgIpc) is 3.05. The summed E-state index contributed by atoms with van der Waals surface area (Å²) in [5.74, 6) is 0.0614. The summed E-state index contributed by atoms with van der Waals surface area (Å²) in [6.07, 6.45) is -5.46. The number of halogens is 4. The second-order valence-electron chi connectivity index (χ2n) is 8.75. The maximum absolute atomic E-state index is 13.6. The number of ketones is 1. The Morgan fingerprint density at radius 2 is 1.91 bits per heavy atom. The zero-order valence-electron chi connectivity index (χ0n) is 18.8. The van der Waals surface area contributed by atoms with E-state index in [1.165, 1.54) is 12.0 Å². The van der Waals surface area contributed by atoms with Crippen LogP contribution in [0.25, 0.3) is 0 Å². The van der Waals surface area contributed by atoms with Crippen LogP contribution in [0.3, 0.4) is 0 Å². The molecule has 0 radical (unpaired) electrons. The summed E-state index contributed by atoms with van der Waals surface area (Å²) in [6, 6.07) is 4.79. The van der Waals surface area contributed by atoms with E-state index in [0.717, 1.165) is 4.68 Å². The molecule has 2 heterocycles. The van der Waals surface area contributed by atoms with E-state index >= 15 is 0 Å². The smallest absolute Gasteiger partial charge is 0.435 e. The lowest BCUT2D eigenvalue weighted by Gasteiger charge is -2.30. The van der Waals surface area contributed by atoms with Gasteiger partial charge >= 0.3 is 12.3 Å². The summed E-state index contributed by atoms with van der Waals surface area (Å²) >= 11 is 6.00. The molecule has 0 unspecified atom stereocenters. The minimum Gasteiger partial charge on any atom is -0.496 e. The predicted molar refractivity (Wildman–Crippen MR) is 114 cm³/mol. The number of Topliss-reactive ketones (excluding diaryl/α,β-unsaturated/α-hetero) is 1. The third-order valence-corrected chi connectivity index (χ3v) is 5.25. The van der Waals surface area contributed by atoms with Gasteiger partial charge in [-0.25, -0.2) is 4.79 Å². The highest BCUT2D eigenvalue weighted by Crippen LogP contribution is 2.35. The zero-order valence-corrected chi connectivity index (χ0v) is 19.5. The van der Waals surface area contributed by atoms with Crippen LogP contribution in [0.4, 0.5) is 18.0 Å². The number of methoxy groups -OCH3 is 1. The monoisotopic (exact) mass is 487 g/mol. The molecule has 1 aliphatic heterocycles. The molecular weight excluding hydrogens is 463 g/mol. The lowest BCUT2D eigenvalue weighted by molar-refractivity contribution is -0.142. The fraction of sp³-hybridized carbons (Fsp3) is 0.500. The molecule has 33 heavy (non-hydrogen) atoms. The summed E-state index contributed by atoms with van der Waals surface area (Å²) in [5, 5.41) is 4.11. The first-order valence-electron chi connectivity index (χ1n) is 10.3. The number of fused-ring (bicyclic) bond motifs is 1. The van der Waals surface area contributed by atoms with Crippen molar-refractivity contribution in [2.24, 2.45) is 0 Å². The second kappa shape index (κ2) is 9.24. The number of carbonyl (C=O) groups is 2. The van der Waals surface area contributed by atoms with E-state index in [2.05, 4.69) is 5.10 Å². The van der Waals surface area contributed by atoms with Crippen molar-refractivity contribution >= 4 is 23.5 Å². The molecule has 0 spiro atoms. The van der Waals surface area contributed by atoms with Gasteiger partial charge in [0.15, 0.2) is 11.5 Å². The van der Waals surface area contributed by atoms with Gasteiger partial charge in [-0.15, -0.1) is 0 Å². The van der Waals surface area contributed by atoms with Gasteiger partial charge in [0.05, 0.1) is 19.3 Å². The van der Waals surface area contributed by atoms with Crippen LogP contribution in [-0.4, -0.2) is 45.8 Å². The molecule has 180 valence electrons. The van der Waals surface area contributed by atoms with Crippen LogP contribution >= 0.6 is 11.6 Å². The van der Waals surface area contributed by atoms with E-state index in [1.54, 1.807) is 39.0 Å². The molecule has 0 aliphatic carbocycles. The lowest BCUT2D eigenvalue weighted by Crippen LogP contribution is -2.40. The van der Waals surface area contributed by atoms with E-state index in [4.69, 9.17) is 21.1 Å². The Labute approximate surface area is 194 Å². The molecular formula is C22H25ClF3N3O4. The van der Waals surface area contributed by atoms with Gasteiger partial charge in [0, 0.05) is 29.1 Å². The molecule has 0 saturated heterocycles. The third kappa shape index (κ3) is 5.98. The maximum atomic E-state index is 13.6. The first kappa shape index (κ1) is 24.9. The SMILES string of the molecule is COc1ccc(Cl)cc1CC(=O)Cn1nc(C(F)(F)F)c2c1CN(C(=O)OC(C)(C)C)CC2. The molecule has 7 nitrogen and oxygen atoms in total. The quantitative estimate of drug-likeness (QED) is 0.613. The number of carbonyl (C=O) groups excluding carboxylic acids is 2. The Kier molecular flexibility index (Phi) is 6.97. The zero-order chi connectivity index (χ0) is 24.6.